The lowest BCUT2D eigenvalue weighted by Crippen LogP contribution is -2.67. The quantitative estimate of drug-likeness (QED) is 0.226. The van der Waals surface area contributed by atoms with Crippen LogP contribution < -0.4 is 15.6 Å². The Morgan fingerprint density at radius 2 is 1.90 bits per heavy atom. The molecule has 2 aliphatic rings. The molecule has 2 N–H and O–H groups in total. The van der Waals surface area contributed by atoms with Crippen LogP contribution in [0.25, 0.3) is 17.2 Å². The number of nitrogens with one attached hydrogen (secondary N) is 1. The Kier molecular flexibility index (Phi) is 9.88. The summed E-state index contributed by atoms with van der Waals surface area (Å²) in [6.07, 6.45) is 2.66. The average Bonchev–Trinajstić information content (AvgIpc) is 3.07. The van der Waals surface area contributed by atoms with E-state index < -0.39 is 29.0 Å². The molecule has 2 fully saturated rings. The maximum absolute atomic E-state index is 14.4. The van der Waals surface area contributed by atoms with Crippen LogP contribution in [0.15, 0.2) is 41.8 Å². The Morgan fingerprint density at radius 3 is 2.57 bits per heavy atom. The van der Waals surface area contributed by atoms with Gasteiger partial charge in [-0.3, -0.25) is 14.4 Å². The summed E-state index contributed by atoms with van der Waals surface area (Å²) >= 11 is 6.12. The minimum Gasteiger partial charge on any atom is -0.504 e. The number of amides is 2. The fourth-order valence-corrected chi connectivity index (χ4v) is 6.75. The lowest BCUT2D eigenvalue weighted by molar-refractivity contribution is -0.137. The smallest absolute Gasteiger partial charge is 0.416 e. The predicted octanol–water partition coefficient (Wildman–Crippen LogP) is 4.97. The van der Waals surface area contributed by atoms with E-state index in [4.69, 9.17) is 16.3 Å². The molecule has 2 atom stereocenters. The first-order chi connectivity index (χ1) is 24.3. The Bertz CT molecular complexity index is 2110. The molecule has 6 rings (SSSR count). The number of alkyl halides is 3. The van der Waals surface area contributed by atoms with Crippen molar-refractivity contribution in [2.45, 2.75) is 64.8 Å². The molecule has 1 aliphatic carbocycles. The summed E-state index contributed by atoms with van der Waals surface area (Å²) in [4.78, 5) is 62.2. The SMILES string of the molecule is CCO/C=C/c1cnc2c(n1)c(=O)c(N1CCN(C(=O)c3ncnc(C)c3O)[C@H]3CC[C@@H]31)c(CC)n2CC(=O)Nc1ccc(C(F)(F)F)cc1Cl. The monoisotopic (exact) mass is 726 g/mol. The van der Waals surface area contributed by atoms with E-state index in [-0.39, 0.29) is 70.7 Å². The van der Waals surface area contributed by atoms with E-state index in [1.165, 1.54) is 18.8 Å². The van der Waals surface area contributed by atoms with Gasteiger partial charge >= 0.3 is 6.18 Å². The first kappa shape index (κ1) is 35.6. The number of benzene rings is 1. The fourth-order valence-electron chi connectivity index (χ4n) is 6.52. The van der Waals surface area contributed by atoms with Gasteiger partial charge < -0.3 is 29.5 Å². The molecule has 13 nitrogen and oxygen atoms in total. The standard InChI is InChI=1S/C34H34ClF3N8O5/c1-4-23-29(44-11-12-45(25-9-8-24(25)44)33(50)28-30(48)18(3)40-17-41-28)31(49)27-32(39-15-20(42-27)10-13-51-5-2)46(23)16-26(47)43-22-7-6-19(14-21(22)35)34(36,37)38/h6-7,10,13-15,17,24-25,48H,4-5,8-9,11-12,16H2,1-3H3,(H,43,47)/b13-10+/t24-,25-/m0/s1. The van der Waals surface area contributed by atoms with Crippen LogP contribution in [-0.2, 0) is 28.7 Å². The van der Waals surface area contributed by atoms with Gasteiger partial charge in [0.25, 0.3) is 5.91 Å². The van der Waals surface area contributed by atoms with Crippen molar-refractivity contribution in [1.29, 1.82) is 0 Å². The average molecular weight is 727 g/mol. The van der Waals surface area contributed by atoms with E-state index in [1.807, 2.05) is 18.7 Å². The van der Waals surface area contributed by atoms with Crippen molar-refractivity contribution < 1.29 is 32.6 Å². The highest BCUT2D eigenvalue weighted by molar-refractivity contribution is 6.33. The van der Waals surface area contributed by atoms with E-state index in [9.17, 15) is 32.7 Å². The van der Waals surface area contributed by atoms with Crippen LogP contribution in [0, 0.1) is 6.92 Å². The van der Waals surface area contributed by atoms with E-state index >= 15 is 0 Å². The summed E-state index contributed by atoms with van der Waals surface area (Å²) in [6, 6.07) is 2.09. The van der Waals surface area contributed by atoms with Gasteiger partial charge in [0.1, 0.15) is 18.6 Å². The van der Waals surface area contributed by atoms with Crippen LogP contribution in [0.1, 0.15) is 59.8 Å². The fraction of sp³-hybridized carbons (Fsp3) is 0.382. The zero-order chi connectivity index (χ0) is 36.6. The van der Waals surface area contributed by atoms with Crippen LogP contribution in [0.4, 0.5) is 24.5 Å². The second kappa shape index (κ2) is 14.2. The number of rotatable bonds is 9. The van der Waals surface area contributed by atoms with Crippen molar-refractivity contribution in [1.82, 2.24) is 29.4 Å². The largest absolute Gasteiger partial charge is 0.504 e. The van der Waals surface area contributed by atoms with Crippen LogP contribution in [-0.4, -0.2) is 78.1 Å². The molecule has 51 heavy (non-hydrogen) atoms. The number of pyridine rings is 1. The van der Waals surface area contributed by atoms with Crippen molar-refractivity contribution in [2.24, 2.45) is 0 Å². The van der Waals surface area contributed by atoms with Gasteiger partial charge in [0.05, 0.1) is 52.8 Å². The van der Waals surface area contributed by atoms with Crippen molar-refractivity contribution in [2.75, 3.05) is 29.9 Å². The number of anilines is 2. The van der Waals surface area contributed by atoms with Crippen molar-refractivity contribution in [3.8, 4) is 5.75 Å². The molecule has 0 unspecified atom stereocenters. The molecule has 1 aromatic carbocycles. The molecule has 3 aromatic heterocycles. The highest BCUT2D eigenvalue weighted by Crippen LogP contribution is 2.39. The number of ether oxygens (including phenoxy) is 1. The van der Waals surface area contributed by atoms with Gasteiger partial charge in [0.15, 0.2) is 22.6 Å². The number of aromatic hydroxyl groups is 1. The zero-order valence-corrected chi connectivity index (χ0v) is 28.6. The second-order valence-corrected chi connectivity index (χ2v) is 12.5. The number of hydrogen-bond donors (Lipinski definition) is 2. The van der Waals surface area contributed by atoms with E-state index in [1.54, 1.807) is 22.5 Å². The molecule has 1 saturated carbocycles. The lowest BCUT2D eigenvalue weighted by atomic mass is 9.81. The molecule has 1 saturated heterocycles. The number of aromatic nitrogens is 5. The normalized spacial score (nSPS) is 17.4. The van der Waals surface area contributed by atoms with Crippen LogP contribution in [0.2, 0.25) is 5.02 Å². The molecule has 268 valence electrons. The van der Waals surface area contributed by atoms with Crippen molar-refractivity contribution in [3.05, 3.63) is 80.6 Å². The van der Waals surface area contributed by atoms with Gasteiger partial charge in [-0.1, -0.05) is 18.5 Å². The maximum atomic E-state index is 14.4. The summed E-state index contributed by atoms with van der Waals surface area (Å²) in [5.74, 6) is -1.34. The van der Waals surface area contributed by atoms with Gasteiger partial charge in [0, 0.05) is 24.8 Å². The van der Waals surface area contributed by atoms with E-state index in [2.05, 4.69) is 25.3 Å². The Labute approximate surface area is 294 Å². The lowest BCUT2D eigenvalue weighted by Gasteiger charge is -2.54. The van der Waals surface area contributed by atoms with E-state index in [0.29, 0.717) is 42.9 Å². The summed E-state index contributed by atoms with van der Waals surface area (Å²) < 4.78 is 46.5. The minimum absolute atomic E-state index is 0.00280. The first-order valence-corrected chi connectivity index (χ1v) is 16.7. The van der Waals surface area contributed by atoms with Crippen LogP contribution in [0.5, 0.6) is 5.75 Å². The predicted molar refractivity (Wildman–Crippen MR) is 183 cm³/mol. The Hall–Kier alpha value is -5.25. The van der Waals surface area contributed by atoms with Crippen molar-refractivity contribution >= 4 is 52.0 Å². The van der Waals surface area contributed by atoms with Crippen molar-refractivity contribution in [3.63, 3.8) is 0 Å². The van der Waals surface area contributed by atoms with Crippen LogP contribution in [0.3, 0.4) is 0 Å². The minimum atomic E-state index is -4.61. The Morgan fingerprint density at radius 1 is 1.14 bits per heavy atom. The summed E-state index contributed by atoms with van der Waals surface area (Å²) in [6.45, 7) is 5.75. The number of carbonyl (C=O) groups excluding carboxylic acids is 2. The molecule has 0 spiro atoms. The third-order valence-electron chi connectivity index (χ3n) is 9.11. The maximum Gasteiger partial charge on any atom is 0.416 e. The third kappa shape index (κ3) is 6.79. The molecule has 0 radical (unpaired) electrons. The van der Waals surface area contributed by atoms with Crippen LogP contribution >= 0.6 is 11.6 Å². The number of aryl methyl sites for hydroxylation is 1. The van der Waals surface area contributed by atoms with Gasteiger partial charge in [-0.25, -0.2) is 19.9 Å². The molecule has 4 aromatic rings. The number of carbonyl (C=O) groups is 2. The first-order valence-electron chi connectivity index (χ1n) is 16.3. The molecule has 4 heterocycles. The molecule has 1 aliphatic heterocycles. The number of fused-ring (bicyclic) bond motifs is 2. The molecule has 2 amide bonds. The van der Waals surface area contributed by atoms with Gasteiger partial charge in [-0.05, 0) is 57.4 Å². The second-order valence-electron chi connectivity index (χ2n) is 12.1. The highest BCUT2D eigenvalue weighted by Gasteiger charge is 2.47. The zero-order valence-electron chi connectivity index (χ0n) is 27.9. The molecular weight excluding hydrogens is 693 g/mol. The van der Waals surface area contributed by atoms with Gasteiger partial charge in [0.2, 0.25) is 11.3 Å². The summed E-state index contributed by atoms with van der Waals surface area (Å²) in [5.41, 5.74) is 0.0819. The summed E-state index contributed by atoms with van der Waals surface area (Å²) in [5, 5.41) is 12.8. The Balaban J connectivity index is 1.39. The molecular formula is C34H34ClF3N8O5. The van der Waals surface area contributed by atoms with E-state index in [0.717, 1.165) is 18.2 Å². The number of halogens is 4. The highest BCUT2D eigenvalue weighted by atomic mass is 35.5. The van der Waals surface area contributed by atoms with Gasteiger partial charge in [-0.2, -0.15) is 13.2 Å². The van der Waals surface area contributed by atoms with Gasteiger partial charge in [-0.15, -0.1) is 0 Å². The number of piperazine rings is 1. The number of hydrogen-bond acceptors (Lipinski definition) is 10. The summed E-state index contributed by atoms with van der Waals surface area (Å²) in [7, 11) is 0. The third-order valence-corrected chi connectivity index (χ3v) is 9.42. The molecule has 0 bridgehead atoms. The number of nitrogens with zero attached hydrogens (tertiary/aromatic N) is 7. The topological polar surface area (TPSA) is 156 Å². The molecule has 17 heteroatoms.